The second-order valence-corrected chi connectivity index (χ2v) is 2.20. The van der Waals surface area contributed by atoms with E-state index in [1.807, 2.05) is 20.6 Å². The Morgan fingerprint density at radius 1 is 1.45 bits per heavy atom. The predicted octanol–water partition coefficient (Wildman–Crippen LogP) is 1.99. The standard InChI is InChI=1S/C6H13N.C2H6.CH2O/c1-2-6-4-3-5-7-6;2*1-2/h6-7H,2-5H2,1H3;1-2H3;1H2. The topological polar surface area (TPSA) is 29.1 Å². The van der Waals surface area contributed by atoms with E-state index in [4.69, 9.17) is 4.79 Å². The quantitative estimate of drug-likeness (QED) is 0.634. The Kier molecular flexibility index (Phi) is 14.8. The van der Waals surface area contributed by atoms with Crippen molar-refractivity contribution in [2.45, 2.75) is 46.1 Å². The summed E-state index contributed by atoms with van der Waals surface area (Å²) in [6.45, 7) is 9.49. The Balaban J connectivity index is 0. The molecule has 11 heavy (non-hydrogen) atoms. The maximum Gasteiger partial charge on any atom is 0.106 e. The predicted molar refractivity (Wildman–Crippen MR) is 49.8 cm³/mol. The van der Waals surface area contributed by atoms with Crippen LogP contribution in [0, 0.1) is 0 Å². The zero-order valence-electron chi connectivity index (χ0n) is 8.02. The number of nitrogens with one attached hydrogen (secondary N) is 1. The summed E-state index contributed by atoms with van der Waals surface area (Å²) in [7, 11) is 0. The van der Waals surface area contributed by atoms with Crippen molar-refractivity contribution in [2.75, 3.05) is 6.54 Å². The molecule has 0 spiro atoms. The lowest BCUT2D eigenvalue weighted by Gasteiger charge is -2.02. The van der Waals surface area contributed by atoms with Gasteiger partial charge < -0.3 is 10.1 Å². The maximum atomic E-state index is 8.00. The van der Waals surface area contributed by atoms with Crippen LogP contribution >= 0.6 is 0 Å². The van der Waals surface area contributed by atoms with Crippen molar-refractivity contribution in [1.82, 2.24) is 5.32 Å². The Bertz CT molecular complexity index is 60.6. The molecule has 1 aliphatic rings. The SMILES string of the molecule is C=O.CC.CCC1CCCN1. The van der Waals surface area contributed by atoms with E-state index in [1.165, 1.54) is 25.8 Å². The third-order valence-corrected chi connectivity index (χ3v) is 1.66. The highest BCUT2D eigenvalue weighted by molar-refractivity contribution is 5.10. The zero-order chi connectivity index (χ0) is 9.11. The molecule has 0 aliphatic carbocycles. The largest absolute Gasteiger partial charge is 0.314 e. The second-order valence-electron chi connectivity index (χ2n) is 2.20. The van der Waals surface area contributed by atoms with Gasteiger partial charge in [-0.2, -0.15) is 0 Å². The van der Waals surface area contributed by atoms with Gasteiger partial charge in [-0.05, 0) is 25.8 Å². The molecule has 0 aromatic rings. The molecule has 0 bridgehead atoms. The number of hydrogen-bond acceptors (Lipinski definition) is 2. The van der Waals surface area contributed by atoms with Gasteiger partial charge in [0.25, 0.3) is 0 Å². The Morgan fingerprint density at radius 3 is 2.18 bits per heavy atom. The first-order chi connectivity index (χ1) is 5.43. The van der Waals surface area contributed by atoms with Gasteiger partial charge in [-0.15, -0.1) is 0 Å². The minimum Gasteiger partial charge on any atom is -0.314 e. The first kappa shape index (κ1) is 13.2. The van der Waals surface area contributed by atoms with Crippen LogP contribution in [0.5, 0.6) is 0 Å². The Morgan fingerprint density at radius 2 is 2.00 bits per heavy atom. The average molecular weight is 159 g/mol. The molecule has 68 valence electrons. The highest BCUT2D eigenvalue weighted by Crippen LogP contribution is 2.06. The molecule has 1 saturated heterocycles. The summed E-state index contributed by atoms with van der Waals surface area (Å²) in [6, 6.07) is 0.847. The van der Waals surface area contributed by atoms with Crippen LogP contribution in [0.3, 0.4) is 0 Å². The van der Waals surface area contributed by atoms with Gasteiger partial charge in [-0.3, -0.25) is 0 Å². The van der Waals surface area contributed by atoms with Crippen LogP contribution in [0.25, 0.3) is 0 Å². The number of carbonyl (C=O) groups is 1. The van der Waals surface area contributed by atoms with Gasteiger partial charge in [-0.1, -0.05) is 20.8 Å². The van der Waals surface area contributed by atoms with E-state index in [1.54, 1.807) is 0 Å². The van der Waals surface area contributed by atoms with Crippen molar-refractivity contribution < 1.29 is 4.79 Å². The molecule has 0 amide bonds. The van der Waals surface area contributed by atoms with Gasteiger partial charge in [0.15, 0.2) is 0 Å². The summed E-state index contributed by atoms with van der Waals surface area (Å²) in [5.41, 5.74) is 0. The lowest BCUT2D eigenvalue weighted by molar-refractivity contribution is -0.0979. The van der Waals surface area contributed by atoms with Crippen LogP contribution in [0.2, 0.25) is 0 Å². The van der Waals surface area contributed by atoms with E-state index in [0.717, 1.165) is 6.04 Å². The van der Waals surface area contributed by atoms with E-state index >= 15 is 0 Å². The molecular formula is C9H21NO. The number of rotatable bonds is 1. The molecule has 1 fully saturated rings. The van der Waals surface area contributed by atoms with E-state index in [9.17, 15) is 0 Å². The molecule has 1 heterocycles. The molecule has 1 N–H and O–H groups in total. The van der Waals surface area contributed by atoms with Gasteiger partial charge >= 0.3 is 0 Å². The van der Waals surface area contributed by atoms with Gasteiger partial charge in [0.2, 0.25) is 0 Å². The molecule has 0 saturated carbocycles. The van der Waals surface area contributed by atoms with Crippen LogP contribution in [0.1, 0.15) is 40.0 Å². The molecule has 0 aromatic carbocycles. The summed E-state index contributed by atoms with van der Waals surface area (Å²) in [6.07, 6.45) is 4.09. The highest BCUT2D eigenvalue weighted by Gasteiger charge is 2.09. The van der Waals surface area contributed by atoms with Crippen molar-refractivity contribution in [3.05, 3.63) is 0 Å². The Hall–Kier alpha value is -0.370. The van der Waals surface area contributed by atoms with Crippen LogP contribution in [0.15, 0.2) is 0 Å². The summed E-state index contributed by atoms with van der Waals surface area (Å²) in [5, 5.41) is 3.41. The van der Waals surface area contributed by atoms with Crippen LogP contribution in [-0.2, 0) is 4.79 Å². The normalized spacial score (nSPS) is 20.8. The van der Waals surface area contributed by atoms with Crippen molar-refractivity contribution in [3.63, 3.8) is 0 Å². The van der Waals surface area contributed by atoms with E-state index in [0.29, 0.717) is 0 Å². The molecule has 1 aliphatic heterocycles. The molecule has 1 atom stereocenters. The summed E-state index contributed by atoms with van der Waals surface area (Å²) < 4.78 is 0. The highest BCUT2D eigenvalue weighted by atomic mass is 16.1. The molecule has 0 aromatic heterocycles. The van der Waals surface area contributed by atoms with Gasteiger partial charge in [0.05, 0.1) is 0 Å². The van der Waals surface area contributed by atoms with E-state index in [2.05, 4.69) is 12.2 Å². The molecular weight excluding hydrogens is 138 g/mol. The fourth-order valence-electron chi connectivity index (χ4n) is 1.11. The van der Waals surface area contributed by atoms with Crippen LogP contribution in [-0.4, -0.2) is 19.4 Å². The lowest BCUT2D eigenvalue weighted by Crippen LogP contribution is -2.19. The molecule has 1 unspecified atom stereocenters. The molecule has 2 heteroatoms. The summed E-state index contributed by atoms with van der Waals surface area (Å²) in [4.78, 5) is 8.00. The monoisotopic (exact) mass is 159 g/mol. The van der Waals surface area contributed by atoms with Crippen molar-refractivity contribution in [1.29, 1.82) is 0 Å². The minimum atomic E-state index is 0.847. The van der Waals surface area contributed by atoms with Gasteiger partial charge in [0, 0.05) is 6.04 Å². The maximum absolute atomic E-state index is 8.00. The van der Waals surface area contributed by atoms with Crippen molar-refractivity contribution in [2.24, 2.45) is 0 Å². The number of hydrogen-bond donors (Lipinski definition) is 1. The zero-order valence-corrected chi connectivity index (χ0v) is 8.02. The first-order valence-electron chi connectivity index (χ1n) is 4.45. The molecule has 0 radical (unpaired) electrons. The first-order valence-corrected chi connectivity index (χ1v) is 4.45. The van der Waals surface area contributed by atoms with Crippen LogP contribution < -0.4 is 5.32 Å². The van der Waals surface area contributed by atoms with E-state index in [-0.39, 0.29) is 0 Å². The summed E-state index contributed by atoms with van der Waals surface area (Å²) in [5.74, 6) is 0. The van der Waals surface area contributed by atoms with Gasteiger partial charge in [-0.25, -0.2) is 0 Å². The average Bonchev–Trinajstić information content (AvgIpc) is 2.63. The van der Waals surface area contributed by atoms with E-state index < -0.39 is 0 Å². The molecule has 1 rings (SSSR count). The minimum absolute atomic E-state index is 0.847. The van der Waals surface area contributed by atoms with Crippen molar-refractivity contribution in [3.8, 4) is 0 Å². The van der Waals surface area contributed by atoms with Crippen LogP contribution in [0.4, 0.5) is 0 Å². The van der Waals surface area contributed by atoms with Crippen molar-refractivity contribution >= 4 is 6.79 Å². The fraction of sp³-hybridized carbons (Fsp3) is 0.889. The summed E-state index contributed by atoms with van der Waals surface area (Å²) >= 11 is 0. The number of carbonyl (C=O) groups excluding carboxylic acids is 1. The smallest absolute Gasteiger partial charge is 0.106 e. The van der Waals surface area contributed by atoms with Gasteiger partial charge in [0.1, 0.15) is 6.79 Å². The lowest BCUT2D eigenvalue weighted by atomic mass is 10.2. The molecule has 2 nitrogen and oxygen atoms in total. The third-order valence-electron chi connectivity index (χ3n) is 1.66. The third kappa shape index (κ3) is 7.53. The fourth-order valence-corrected chi connectivity index (χ4v) is 1.11. The Labute approximate surface area is 70.4 Å². The second kappa shape index (κ2) is 12.3.